The van der Waals surface area contributed by atoms with Crippen LogP contribution in [0.3, 0.4) is 0 Å². The van der Waals surface area contributed by atoms with Crippen LogP contribution in [0.4, 0.5) is 0 Å². The molecule has 1 nitrogen and oxygen atoms in total. The van der Waals surface area contributed by atoms with E-state index in [2.05, 4.69) is 56.0 Å². The summed E-state index contributed by atoms with van der Waals surface area (Å²) in [5.41, 5.74) is 2.41. The van der Waals surface area contributed by atoms with Crippen molar-refractivity contribution >= 4 is 30.4 Å². The highest BCUT2D eigenvalue weighted by Gasteiger charge is 2.12. The summed E-state index contributed by atoms with van der Waals surface area (Å²) in [4.78, 5) is 0. The van der Waals surface area contributed by atoms with Crippen molar-refractivity contribution in [1.29, 1.82) is 0 Å². The molecule has 0 unspecified atom stereocenters. The lowest BCUT2D eigenvalue weighted by molar-refractivity contribution is 0.134. The van der Waals surface area contributed by atoms with Crippen molar-refractivity contribution in [2.45, 2.75) is 38.2 Å². The van der Waals surface area contributed by atoms with Gasteiger partial charge in [0.2, 0.25) is 0 Å². The van der Waals surface area contributed by atoms with Crippen molar-refractivity contribution in [2.75, 3.05) is 6.61 Å². The molecule has 0 heterocycles. The molecular weight excluding hydrogens is 284 g/mol. The fourth-order valence-electron chi connectivity index (χ4n) is 2.22. The van der Waals surface area contributed by atoms with Crippen molar-refractivity contribution < 1.29 is 4.74 Å². The van der Waals surface area contributed by atoms with Gasteiger partial charge in [-0.3, -0.25) is 0 Å². The lowest BCUT2D eigenvalue weighted by Crippen LogP contribution is -2.21. The maximum absolute atomic E-state index is 5.99. The van der Waals surface area contributed by atoms with Crippen LogP contribution >= 0.6 is 11.6 Å². The van der Waals surface area contributed by atoms with Gasteiger partial charge in [0.15, 0.2) is 0 Å². The number of fused-ring (bicyclic) bond motifs is 1. The van der Waals surface area contributed by atoms with Gasteiger partial charge in [0.25, 0.3) is 0 Å². The normalized spacial score (nSPS) is 12.0. The van der Waals surface area contributed by atoms with Crippen molar-refractivity contribution in [1.82, 2.24) is 0 Å². The Morgan fingerprint density at radius 1 is 1.10 bits per heavy atom. The second-order valence-electron chi connectivity index (χ2n) is 6.47. The van der Waals surface area contributed by atoms with Crippen LogP contribution in [-0.4, -0.2) is 14.7 Å². The molecule has 0 radical (unpaired) electrons. The first-order valence-electron chi connectivity index (χ1n) is 7.14. The predicted octanol–water partition coefficient (Wildman–Crippen LogP) is 5.43. The zero-order chi connectivity index (χ0) is 14.6. The lowest BCUT2D eigenvalue weighted by atomic mass is 10.0. The Bertz CT molecular complexity index is 575. The van der Waals surface area contributed by atoms with E-state index in [4.69, 9.17) is 16.3 Å². The Morgan fingerprint density at radius 2 is 1.85 bits per heavy atom. The molecule has 2 aromatic carbocycles. The fraction of sp³-hybridized carbons (Fsp3) is 0.412. The minimum atomic E-state index is -1.01. The van der Waals surface area contributed by atoms with E-state index in [0.29, 0.717) is 12.5 Å². The Balaban J connectivity index is 2.12. The highest BCUT2D eigenvalue weighted by molar-refractivity contribution is 6.76. The van der Waals surface area contributed by atoms with Gasteiger partial charge < -0.3 is 4.74 Å². The van der Waals surface area contributed by atoms with E-state index in [1.807, 2.05) is 0 Å². The topological polar surface area (TPSA) is 9.23 Å². The molecule has 0 bridgehead atoms. The van der Waals surface area contributed by atoms with Gasteiger partial charge in [-0.25, -0.2) is 0 Å². The maximum Gasteiger partial charge on any atom is 0.0722 e. The monoisotopic (exact) mass is 306 g/mol. The van der Waals surface area contributed by atoms with Gasteiger partial charge in [-0.05, 0) is 34.0 Å². The molecule has 0 amide bonds. The van der Waals surface area contributed by atoms with E-state index in [1.54, 1.807) is 0 Å². The number of halogens is 1. The van der Waals surface area contributed by atoms with Crippen LogP contribution in [0.15, 0.2) is 36.4 Å². The first-order valence-corrected chi connectivity index (χ1v) is 11.4. The number of rotatable bonds is 6. The largest absolute Gasteiger partial charge is 0.377 e. The number of hydrogen-bond acceptors (Lipinski definition) is 1. The van der Waals surface area contributed by atoms with E-state index in [0.717, 1.165) is 12.2 Å². The lowest BCUT2D eigenvalue weighted by Gasteiger charge is -2.16. The van der Waals surface area contributed by atoms with Gasteiger partial charge >= 0.3 is 0 Å². The van der Waals surface area contributed by atoms with E-state index in [-0.39, 0.29) is 0 Å². The van der Waals surface area contributed by atoms with Gasteiger partial charge in [0, 0.05) is 20.6 Å². The molecule has 0 saturated carbocycles. The third kappa shape index (κ3) is 4.34. The third-order valence-electron chi connectivity index (χ3n) is 3.42. The summed E-state index contributed by atoms with van der Waals surface area (Å²) in [6.07, 6.45) is 0. The van der Waals surface area contributed by atoms with E-state index >= 15 is 0 Å². The van der Waals surface area contributed by atoms with Crippen LogP contribution in [0.5, 0.6) is 0 Å². The average molecular weight is 307 g/mol. The van der Waals surface area contributed by atoms with E-state index < -0.39 is 8.07 Å². The first-order chi connectivity index (χ1) is 9.49. The van der Waals surface area contributed by atoms with Crippen molar-refractivity contribution in [2.24, 2.45) is 0 Å². The van der Waals surface area contributed by atoms with Crippen molar-refractivity contribution in [3.63, 3.8) is 0 Å². The average Bonchev–Trinajstić information content (AvgIpc) is 2.42. The fourth-order valence-corrected chi connectivity index (χ4v) is 3.13. The first kappa shape index (κ1) is 15.6. The molecule has 0 N–H and O–H groups in total. The third-order valence-corrected chi connectivity index (χ3v) is 5.43. The SMILES string of the molecule is C[Si](C)(C)CCOCc1cc(CCl)cc2ccccc12. The van der Waals surface area contributed by atoms with Crippen LogP contribution in [0.1, 0.15) is 11.1 Å². The van der Waals surface area contributed by atoms with Gasteiger partial charge in [0.05, 0.1) is 6.61 Å². The van der Waals surface area contributed by atoms with Crippen LogP contribution < -0.4 is 0 Å². The molecule has 108 valence electrons. The van der Waals surface area contributed by atoms with Crippen LogP contribution in [0.2, 0.25) is 25.7 Å². The zero-order valence-electron chi connectivity index (χ0n) is 12.6. The molecule has 0 fully saturated rings. The highest BCUT2D eigenvalue weighted by Crippen LogP contribution is 2.23. The Hall–Kier alpha value is -0.833. The molecule has 0 aliphatic heterocycles. The molecule has 2 rings (SSSR count). The maximum atomic E-state index is 5.99. The van der Waals surface area contributed by atoms with Crippen molar-refractivity contribution in [3.8, 4) is 0 Å². The van der Waals surface area contributed by atoms with Gasteiger partial charge in [-0.2, -0.15) is 0 Å². The number of ether oxygens (including phenoxy) is 1. The summed E-state index contributed by atoms with van der Waals surface area (Å²) in [6, 6.07) is 14.0. The van der Waals surface area contributed by atoms with Gasteiger partial charge in [-0.15, -0.1) is 11.6 Å². The summed E-state index contributed by atoms with van der Waals surface area (Å²) in [6.45, 7) is 8.66. The minimum absolute atomic E-state index is 0.548. The van der Waals surface area contributed by atoms with Crippen molar-refractivity contribution in [3.05, 3.63) is 47.5 Å². The summed E-state index contributed by atoms with van der Waals surface area (Å²) in [5.74, 6) is 0.548. The molecule has 2 aromatic rings. The Labute approximate surface area is 127 Å². The van der Waals surface area contributed by atoms with Crippen LogP contribution in [0, 0.1) is 0 Å². The molecule has 0 aliphatic carbocycles. The molecule has 20 heavy (non-hydrogen) atoms. The molecule has 0 spiro atoms. The quantitative estimate of drug-likeness (QED) is 0.392. The highest BCUT2D eigenvalue weighted by atomic mass is 35.5. The minimum Gasteiger partial charge on any atom is -0.377 e. The molecule has 3 heteroatoms. The smallest absolute Gasteiger partial charge is 0.0722 e. The molecule has 0 saturated heterocycles. The Kier molecular flexibility index (Phi) is 5.25. The van der Waals surface area contributed by atoms with Gasteiger partial charge in [-0.1, -0.05) is 50.0 Å². The summed E-state index contributed by atoms with van der Waals surface area (Å²) < 4.78 is 5.89. The van der Waals surface area contributed by atoms with E-state index in [9.17, 15) is 0 Å². The molecule has 0 aromatic heterocycles. The second kappa shape index (κ2) is 6.75. The summed E-state index contributed by atoms with van der Waals surface area (Å²) in [7, 11) is -1.01. The molecule has 0 aliphatic rings. The number of benzene rings is 2. The second-order valence-corrected chi connectivity index (χ2v) is 12.4. The molecular formula is C17H23ClOSi. The summed E-state index contributed by atoms with van der Waals surface area (Å²) in [5, 5.41) is 2.52. The van der Waals surface area contributed by atoms with Crippen LogP contribution in [0.25, 0.3) is 10.8 Å². The zero-order valence-corrected chi connectivity index (χ0v) is 14.3. The van der Waals surface area contributed by atoms with Crippen LogP contribution in [-0.2, 0) is 17.2 Å². The van der Waals surface area contributed by atoms with E-state index in [1.165, 1.54) is 22.4 Å². The number of hydrogen-bond donors (Lipinski definition) is 0. The molecule has 0 atom stereocenters. The van der Waals surface area contributed by atoms with Gasteiger partial charge in [0.1, 0.15) is 0 Å². The predicted molar refractivity (Wildman–Crippen MR) is 91.3 cm³/mol. The Morgan fingerprint density at radius 3 is 2.55 bits per heavy atom. The number of alkyl halides is 1. The standard InChI is InChI=1S/C17H23ClOSi/c1-20(2,3)9-8-19-13-16-11-14(12-18)10-15-6-4-5-7-17(15)16/h4-7,10-11H,8-9,12-13H2,1-3H3. The summed E-state index contributed by atoms with van der Waals surface area (Å²) >= 11 is 5.99.